The smallest absolute Gasteiger partial charge is 0.173 e. The highest BCUT2D eigenvalue weighted by molar-refractivity contribution is 7.13. The molecular weight excluding hydrogens is 194 g/mol. The lowest BCUT2D eigenvalue weighted by atomic mass is 9.85. The molecule has 0 radical (unpaired) electrons. The summed E-state index contributed by atoms with van der Waals surface area (Å²) in [5.74, 6) is 0.942. The quantitative estimate of drug-likeness (QED) is 0.808. The van der Waals surface area contributed by atoms with Gasteiger partial charge >= 0.3 is 0 Å². The maximum Gasteiger partial charge on any atom is 0.173 e. The molecule has 0 unspecified atom stereocenters. The minimum Gasteiger partial charge on any atom is -0.487 e. The Morgan fingerprint density at radius 2 is 2.36 bits per heavy atom. The van der Waals surface area contributed by atoms with Crippen LogP contribution >= 0.6 is 11.3 Å². The van der Waals surface area contributed by atoms with Crippen molar-refractivity contribution >= 4 is 11.3 Å². The minimum atomic E-state index is 0.942. The Bertz CT molecular complexity index is 281. The van der Waals surface area contributed by atoms with Gasteiger partial charge in [0, 0.05) is 11.4 Å². The molecule has 1 aliphatic carbocycles. The summed E-state index contributed by atoms with van der Waals surface area (Å²) in [6.45, 7) is 2.17. The topological polar surface area (TPSA) is 21.3 Å². The second kappa shape index (κ2) is 4.80. The third-order valence-corrected chi connectivity index (χ3v) is 3.84. The monoisotopic (exact) mass is 211 g/mol. The standard InChI is InChI=1S/C11H17NOS/c1-13-11-6-5-10(14-11)8-12-7-9-3-2-4-9/h5-6,9,12H,2-4,7-8H2,1H3. The molecule has 1 saturated carbocycles. The van der Waals surface area contributed by atoms with Crippen LogP contribution in [0.4, 0.5) is 0 Å². The summed E-state index contributed by atoms with van der Waals surface area (Å²) in [5.41, 5.74) is 0. The van der Waals surface area contributed by atoms with Gasteiger partial charge < -0.3 is 10.1 Å². The van der Waals surface area contributed by atoms with E-state index in [2.05, 4.69) is 11.4 Å². The van der Waals surface area contributed by atoms with Crippen LogP contribution in [0.3, 0.4) is 0 Å². The first-order valence-corrected chi connectivity index (χ1v) is 6.03. The number of rotatable bonds is 5. The van der Waals surface area contributed by atoms with Crippen molar-refractivity contribution in [2.75, 3.05) is 13.7 Å². The van der Waals surface area contributed by atoms with Gasteiger partial charge in [0.15, 0.2) is 5.06 Å². The fraction of sp³-hybridized carbons (Fsp3) is 0.636. The average molecular weight is 211 g/mol. The maximum absolute atomic E-state index is 5.15. The summed E-state index contributed by atoms with van der Waals surface area (Å²) in [6.07, 6.45) is 4.26. The van der Waals surface area contributed by atoms with Crippen LogP contribution in [-0.4, -0.2) is 13.7 Å². The summed E-state index contributed by atoms with van der Waals surface area (Å²) >= 11 is 1.73. The highest BCUT2D eigenvalue weighted by Gasteiger charge is 2.16. The zero-order valence-electron chi connectivity index (χ0n) is 8.58. The van der Waals surface area contributed by atoms with Crippen molar-refractivity contribution in [2.24, 2.45) is 5.92 Å². The Balaban J connectivity index is 1.68. The van der Waals surface area contributed by atoms with Gasteiger partial charge in [-0.25, -0.2) is 0 Å². The second-order valence-corrected chi connectivity index (χ2v) is 4.98. The van der Waals surface area contributed by atoms with Gasteiger partial charge in [0.2, 0.25) is 0 Å². The molecule has 0 aliphatic heterocycles. The Morgan fingerprint density at radius 1 is 1.50 bits per heavy atom. The maximum atomic E-state index is 5.15. The van der Waals surface area contributed by atoms with Crippen molar-refractivity contribution in [2.45, 2.75) is 25.8 Å². The van der Waals surface area contributed by atoms with Crippen LogP contribution in [0.15, 0.2) is 12.1 Å². The molecule has 1 aliphatic rings. The summed E-state index contributed by atoms with van der Waals surface area (Å²) in [5, 5.41) is 4.50. The van der Waals surface area contributed by atoms with E-state index in [-0.39, 0.29) is 0 Å². The number of hydrogen-bond donors (Lipinski definition) is 1. The Morgan fingerprint density at radius 3 is 2.93 bits per heavy atom. The molecule has 1 aromatic rings. The van der Waals surface area contributed by atoms with Crippen molar-refractivity contribution in [1.29, 1.82) is 0 Å². The number of thiophene rings is 1. The fourth-order valence-electron chi connectivity index (χ4n) is 1.66. The normalized spacial score (nSPS) is 16.6. The SMILES string of the molecule is COc1ccc(CNCC2CCC2)s1. The van der Waals surface area contributed by atoms with Gasteiger partial charge in [-0.3, -0.25) is 0 Å². The van der Waals surface area contributed by atoms with E-state index in [0.717, 1.165) is 17.5 Å². The molecule has 1 fully saturated rings. The van der Waals surface area contributed by atoms with Crippen LogP contribution in [0, 0.1) is 5.92 Å². The third-order valence-electron chi connectivity index (χ3n) is 2.80. The van der Waals surface area contributed by atoms with Crippen molar-refractivity contribution in [3.8, 4) is 5.06 Å². The van der Waals surface area contributed by atoms with Crippen LogP contribution < -0.4 is 10.1 Å². The van der Waals surface area contributed by atoms with Crippen molar-refractivity contribution in [3.05, 3.63) is 17.0 Å². The molecule has 2 nitrogen and oxygen atoms in total. The molecule has 3 heteroatoms. The molecule has 1 N–H and O–H groups in total. The molecule has 14 heavy (non-hydrogen) atoms. The van der Waals surface area contributed by atoms with Gasteiger partial charge in [-0.2, -0.15) is 0 Å². The molecule has 1 aromatic heterocycles. The van der Waals surface area contributed by atoms with Crippen LogP contribution in [0.25, 0.3) is 0 Å². The van der Waals surface area contributed by atoms with E-state index in [9.17, 15) is 0 Å². The first kappa shape index (κ1) is 9.99. The lowest BCUT2D eigenvalue weighted by Crippen LogP contribution is -2.26. The molecule has 2 rings (SSSR count). The molecule has 78 valence electrons. The molecule has 0 aromatic carbocycles. The van der Waals surface area contributed by atoms with Crippen LogP contribution in [-0.2, 0) is 6.54 Å². The van der Waals surface area contributed by atoms with E-state index in [1.807, 2.05) is 6.07 Å². The van der Waals surface area contributed by atoms with E-state index in [0.29, 0.717) is 0 Å². The number of methoxy groups -OCH3 is 1. The molecule has 1 heterocycles. The number of ether oxygens (including phenoxy) is 1. The van der Waals surface area contributed by atoms with E-state index >= 15 is 0 Å². The average Bonchev–Trinajstić information content (AvgIpc) is 2.57. The Labute approximate surface area is 89.3 Å². The number of hydrogen-bond acceptors (Lipinski definition) is 3. The third kappa shape index (κ3) is 2.49. The zero-order chi connectivity index (χ0) is 9.80. The minimum absolute atomic E-state index is 0.942. The van der Waals surface area contributed by atoms with E-state index in [4.69, 9.17) is 4.74 Å². The summed E-state index contributed by atoms with van der Waals surface area (Å²) in [6, 6.07) is 4.17. The summed E-state index contributed by atoms with van der Waals surface area (Å²) in [4.78, 5) is 1.36. The predicted molar refractivity (Wildman–Crippen MR) is 59.9 cm³/mol. The van der Waals surface area contributed by atoms with Gasteiger partial charge in [-0.1, -0.05) is 6.42 Å². The molecule has 0 saturated heterocycles. The van der Waals surface area contributed by atoms with Crippen LogP contribution in [0.5, 0.6) is 5.06 Å². The molecule has 0 bridgehead atoms. The first-order chi connectivity index (χ1) is 6.88. The van der Waals surface area contributed by atoms with Crippen molar-refractivity contribution in [1.82, 2.24) is 5.32 Å². The fourth-order valence-corrected chi connectivity index (χ4v) is 2.45. The van der Waals surface area contributed by atoms with Crippen LogP contribution in [0.1, 0.15) is 24.1 Å². The van der Waals surface area contributed by atoms with E-state index < -0.39 is 0 Å². The Hall–Kier alpha value is -0.540. The molecule has 0 amide bonds. The van der Waals surface area contributed by atoms with Gasteiger partial charge in [0.05, 0.1) is 7.11 Å². The highest BCUT2D eigenvalue weighted by Crippen LogP contribution is 2.26. The van der Waals surface area contributed by atoms with Crippen molar-refractivity contribution in [3.63, 3.8) is 0 Å². The molecular formula is C11H17NOS. The largest absolute Gasteiger partial charge is 0.487 e. The summed E-state index contributed by atoms with van der Waals surface area (Å²) in [7, 11) is 1.72. The van der Waals surface area contributed by atoms with Gasteiger partial charge in [-0.15, -0.1) is 11.3 Å². The highest BCUT2D eigenvalue weighted by atomic mass is 32.1. The Kier molecular flexibility index (Phi) is 3.43. The zero-order valence-corrected chi connectivity index (χ0v) is 9.40. The van der Waals surface area contributed by atoms with E-state index in [1.165, 1.54) is 30.7 Å². The molecule has 0 atom stereocenters. The lowest BCUT2D eigenvalue weighted by molar-refractivity contribution is 0.301. The summed E-state index contributed by atoms with van der Waals surface area (Å²) < 4.78 is 5.15. The predicted octanol–water partition coefficient (Wildman–Crippen LogP) is 2.65. The first-order valence-electron chi connectivity index (χ1n) is 5.22. The van der Waals surface area contributed by atoms with E-state index in [1.54, 1.807) is 18.4 Å². The van der Waals surface area contributed by atoms with Gasteiger partial charge in [0.25, 0.3) is 0 Å². The lowest BCUT2D eigenvalue weighted by Gasteiger charge is -2.25. The number of nitrogens with one attached hydrogen (secondary N) is 1. The van der Waals surface area contributed by atoms with Crippen molar-refractivity contribution < 1.29 is 4.74 Å². The van der Waals surface area contributed by atoms with Crippen LogP contribution in [0.2, 0.25) is 0 Å². The van der Waals surface area contributed by atoms with Gasteiger partial charge in [0.1, 0.15) is 0 Å². The molecule has 0 spiro atoms. The van der Waals surface area contributed by atoms with Gasteiger partial charge in [-0.05, 0) is 37.4 Å². The second-order valence-electron chi connectivity index (χ2n) is 3.85.